The van der Waals surface area contributed by atoms with E-state index in [2.05, 4.69) is 10.6 Å². The molecule has 1 rings (SSSR count). The Morgan fingerprint density at radius 3 is 2.56 bits per heavy atom. The largest absolute Gasteiger partial charge is 0.378 e. The van der Waals surface area contributed by atoms with Gasteiger partial charge in [0, 0.05) is 19.6 Å². The number of hydrogen-bond donors (Lipinski definition) is 2. The minimum absolute atomic E-state index is 0.163. The van der Waals surface area contributed by atoms with Crippen LogP contribution in [0.2, 0.25) is 0 Å². The van der Waals surface area contributed by atoms with E-state index >= 15 is 0 Å². The molecule has 1 aliphatic rings. The smallest absolute Gasteiger partial charge is 0.318 e. The van der Waals surface area contributed by atoms with Gasteiger partial charge in [-0.05, 0) is 13.8 Å². The fourth-order valence-electron chi connectivity index (χ4n) is 1.44. The lowest BCUT2D eigenvalue weighted by molar-refractivity contribution is -0.122. The molecule has 6 nitrogen and oxygen atoms in total. The number of nitrogens with zero attached hydrogens (tertiary/aromatic N) is 1. The minimum atomic E-state index is -0.504. The maximum Gasteiger partial charge on any atom is 0.318 e. The van der Waals surface area contributed by atoms with Gasteiger partial charge in [0.25, 0.3) is 0 Å². The van der Waals surface area contributed by atoms with Crippen LogP contribution in [0.5, 0.6) is 0 Å². The van der Waals surface area contributed by atoms with Crippen molar-refractivity contribution in [1.29, 1.82) is 0 Å². The number of likely N-dealkylation sites (N-methyl/N-ethyl adjacent to an activating group) is 1. The molecule has 0 aromatic rings. The van der Waals surface area contributed by atoms with Crippen LogP contribution in [0.15, 0.2) is 0 Å². The summed E-state index contributed by atoms with van der Waals surface area (Å²) in [6.45, 7) is 6.35. The van der Waals surface area contributed by atoms with Crippen molar-refractivity contribution in [2.75, 3.05) is 32.8 Å². The van der Waals surface area contributed by atoms with Crippen LogP contribution in [0.3, 0.4) is 0 Å². The Morgan fingerprint density at radius 1 is 1.38 bits per heavy atom. The van der Waals surface area contributed by atoms with Crippen molar-refractivity contribution in [2.45, 2.75) is 19.9 Å². The molecule has 3 amide bonds. The van der Waals surface area contributed by atoms with E-state index in [1.165, 1.54) is 0 Å². The highest BCUT2D eigenvalue weighted by Gasteiger charge is 2.20. The summed E-state index contributed by atoms with van der Waals surface area (Å²) in [5.74, 6) is -0.163. The molecule has 0 radical (unpaired) electrons. The first kappa shape index (κ1) is 12.8. The lowest BCUT2D eigenvalue weighted by Gasteiger charge is -2.28. The molecule has 1 unspecified atom stereocenters. The predicted molar refractivity (Wildman–Crippen MR) is 59.1 cm³/mol. The van der Waals surface area contributed by atoms with Crippen molar-refractivity contribution >= 4 is 11.9 Å². The quantitative estimate of drug-likeness (QED) is 0.689. The van der Waals surface area contributed by atoms with Gasteiger partial charge in [-0.2, -0.15) is 0 Å². The van der Waals surface area contributed by atoms with Crippen LogP contribution in [-0.2, 0) is 9.53 Å². The van der Waals surface area contributed by atoms with Crippen molar-refractivity contribution < 1.29 is 14.3 Å². The molecule has 1 saturated heterocycles. The molecule has 0 aromatic carbocycles. The van der Waals surface area contributed by atoms with Crippen LogP contribution in [0.25, 0.3) is 0 Å². The Bertz CT molecular complexity index is 252. The highest BCUT2D eigenvalue weighted by Crippen LogP contribution is 1.97. The highest BCUT2D eigenvalue weighted by atomic mass is 16.5. The summed E-state index contributed by atoms with van der Waals surface area (Å²) in [5, 5.41) is 5.31. The van der Waals surface area contributed by atoms with Crippen molar-refractivity contribution in [2.24, 2.45) is 0 Å². The molecular weight excluding hydrogens is 210 g/mol. The number of nitrogens with one attached hydrogen (secondary N) is 2. The number of carbonyl (C=O) groups excluding carboxylic acids is 2. The zero-order valence-corrected chi connectivity index (χ0v) is 9.78. The van der Waals surface area contributed by atoms with Crippen LogP contribution in [-0.4, -0.2) is 55.7 Å². The summed E-state index contributed by atoms with van der Waals surface area (Å²) < 4.78 is 5.14. The van der Waals surface area contributed by atoms with E-state index < -0.39 is 6.04 Å². The molecule has 2 N–H and O–H groups in total. The van der Waals surface area contributed by atoms with Crippen LogP contribution < -0.4 is 10.6 Å². The standard InChI is InChI=1S/C10H19N3O3/c1-3-11-9(14)8(2)12-10(15)13-4-6-16-7-5-13/h8H,3-7H2,1-2H3,(H,11,14)(H,12,15). The van der Waals surface area contributed by atoms with E-state index in [4.69, 9.17) is 4.74 Å². The zero-order valence-electron chi connectivity index (χ0n) is 9.78. The molecule has 1 fully saturated rings. The average Bonchev–Trinajstić information content (AvgIpc) is 2.30. The number of rotatable bonds is 3. The molecule has 0 aromatic heterocycles. The molecule has 16 heavy (non-hydrogen) atoms. The third-order valence-electron chi connectivity index (χ3n) is 2.38. The molecule has 92 valence electrons. The molecule has 6 heteroatoms. The number of morpholine rings is 1. The van der Waals surface area contributed by atoms with E-state index in [0.29, 0.717) is 32.8 Å². The topological polar surface area (TPSA) is 70.7 Å². The summed E-state index contributed by atoms with van der Waals surface area (Å²) >= 11 is 0. The first-order valence-electron chi connectivity index (χ1n) is 5.56. The van der Waals surface area contributed by atoms with Gasteiger partial charge in [0.05, 0.1) is 13.2 Å². The lowest BCUT2D eigenvalue weighted by Crippen LogP contribution is -2.52. The lowest BCUT2D eigenvalue weighted by atomic mass is 10.3. The highest BCUT2D eigenvalue weighted by molar-refractivity contribution is 5.86. The van der Waals surface area contributed by atoms with Crippen molar-refractivity contribution in [3.63, 3.8) is 0 Å². The second-order valence-corrected chi connectivity index (χ2v) is 3.67. The predicted octanol–water partition coefficient (Wildman–Crippen LogP) is -0.447. The number of carbonyl (C=O) groups is 2. The summed E-state index contributed by atoms with van der Waals surface area (Å²) in [6, 6.07) is -0.711. The third-order valence-corrected chi connectivity index (χ3v) is 2.38. The van der Waals surface area contributed by atoms with Crippen LogP contribution in [0, 0.1) is 0 Å². The average molecular weight is 229 g/mol. The van der Waals surface area contributed by atoms with Crippen LogP contribution >= 0.6 is 0 Å². The van der Waals surface area contributed by atoms with Crippen molar-refractivity contribution in [1.82, 2.24) is 15.5 Å². The Kier molecular flexibility index (Phi) is 5.04. The Morgan fingerprint density at radius 2 is 2.00 bits per heavy atom. The van der Waals surface area contributed by atoms with Gasteiger partial charge in [-0.15, -0.1) is 0 Å². The molecule has 1 aliphatic heterocycles. The van der Waals surface area contributed by atoms with Crippen LogP contribution in [0.4, 0.5) is 4.79 Å². The molecule has 0 saturated carbocycles. The van der Waals surface area contributed by atoms with Gasteiger partial charge < -0.3 is 20.3 Å². The molecule has 1 heterocycles. The van der Waals surface area contributed by atoms with Gasteiger partial charge in [-0.1, -0.05) is 0 Å². The molecule has 0 aliphatic carbocycles. The number of urea groups is 1. The molecule has 1 atom stereocenters. The summed E-state index contributed by atoms with van der Waals surface area (Å²) in [6.07, 6.45) is 0. The SMILES string of the molecule is CCNC(=O)C(C)NC(=O)N1CCOCC1. The fourth-order valence-corrected chi connectivity index (χ4v) is 1.44. The van der Waals surface area contributed by atoms with Crippen LogP contribution in [0.1, 0.15) is 13.8 Å². The van der Waals surface area contributed by atoms with Crippen molar-refractivity contribution in [3.05, 3.63) is 0 Å². The van der Waals surface area contributed by atoms with E-state index in [1.54, 1.807) is 11.8 Å². The Labute approximate surface area is 95.3 Å². The first-order chi connectivity index (χ1) is 7.65. The van der Waals surface area contributed by atoms with Gasteiger partial charge in [0.15, 0.2) is 0 Å². The van der Waals surface area contributed by atoms with Gasteiger partial charge in [0.2, 0.25) is 5.91 Å². The molecule has 0 spiro atoms. The number of hydrogen-bond acceptors (Lipinski definition) is 3. The maximum atomic E-state index is 11.7. The summed E-state index contributed by atoms with van der Waals surface area (Å²) in [5.41, 5.74) is 0. The van der Waals surface area contributed by atoms with Gasteiger partial charge in [-0.25, -0.2) is 4.79 Å². The maximum absolute atomic E-state index is 11.7. The number of amides is 3. The van der Waals surface area contributed by atoms with Gasteiger partial charge >= 0.3 is 6.03 Å². The van der Waals surface area contributed by atoms with E-state index in [-0.39, 0.29) is 11.9 Å². The monoisotopic (exact) mass is 229 g/mol. The second kappa shape index (κ2) is 6.32. The first-order valence-corrected chi connectivity index (χ1v) is 5.56. The summed E-state index contributed by atoms with van der Waals surface area (Å²) in [7, 11) is 0. The fraction of sp³-hybridized carbons (Fsp3) is 0.800. The van der Waals surface area contributed by atoms with Crippen molar-refractivity contribution in [3.8, 4) is 0 Å². The molecular formula is C10H19N3O3. The minimum Gasteiger partial charge on any atom is -0.378 e. The Hall–Kier alpha value is -1.30. The van der Waals surface area contributed by atoms with Gasteiger partial charge in [-0.3, -0.25) is 4.79 Å². The Balaban J connectivity index is 2.34. The second-order valence-electron chi connectivity index (χ2n) is 3.67. The summed E-state index contributed by atoms with van der Waals surface area (Å²) in [4.78, 5) is 24.7. The van der Waals surface area contributed by atoms with Gasteiger partial charge in [0.1, 0.15) is 6.04 Å². The third kappa shape index (κ3) is 3.69. The number of ether oxygens (including phenoxy) is 1. The van der Waals surface area contributed by atoms with E-state index in [0.717, 1.165) is 0 Å². The van der Waals surface area contributed by atoms with E-state index in [9.17, 15) is 9.59 Å². The van der Waals surface area contributed by atoms with E-state index in [1.807, 2.05) is 6.92 Å². The zero-order chi connectivity index (χ0) is 12.0. The normalized spacial score (nSPS) is 17.8. The molecule has 0 bridgehead atoms.